The lowest BCUT2D eigenvalue weighted by Crippen LogP contribution is -2.05. The second-order valence-electron chi connectivity index (χ2n) is 3.92. The average molecular weight is 419 g/mol. The van der Waals surface area contributed by atoms with E-state index in [1.165, 1.54) is 3.57 Å². The molecule has 20 heavy (non-hydrogen) atoms. The summed E-state index contributed by atoms with van der Waals surface area (Å²) in [6.45, 7) is 2.11. The number of rotatable bonds is 4. The molecule has 104 valence electrons. The number of carbonyl (C=O) groups is 1. The van der Waals surface area contributed by atoms with Gasteiger partial charge in [-0.25, -0.2) is 4.79 Å². The molecule has 0 bridgehead atoms. The summed E-state index contributed by atoms with van der Waals surface area (Å²) in [4.78, 5) is 13.9. The van der Waals surface area contributed by atoms with Crippen molar-refractivity contribution in [1.29, 1.82) is 0 Å². The van der Waals surface area contributed by atoms with Crippen molar-refractivity contribution < 1.29 is 9.53 Å². The Balaban J connectivity index is 2.22. The van der Waals surface area contributed by atoms with Gasteiger partial charge >= 0.3 is 5.97 Å². The van der Waals surface area contributed by atoms with Crippen molar-refractivity contribution in [2.75, 3.05) is 6.61 Å². The molecule has 0 N–H and O–H groups in total. The lowest BCUT2D eigenvalue weighted by molar-refractivity contribution is 0.0526. The summed E-state index contributed by atoms with van der Waals surface area (Å²) < 4.78 is 6.19. The molecule has 0 spiro atoms. The van der Waals surface area contributed by atoms with Crippen molar-refractivity contribution in [3.05, 3.63) is 56.6 Å². The molecule has 0 saturated carbocycles. The van der Waals surface area contributed by atoms with E-state index in [9.17, 15) is 4.79 Å². The largest absolute Gasteiger partial charge is 0.462 e. The van der Waals surface area contributed by atoms with E-state index in [-0.39, 0.29) is 5.97 Å². The van der Waals surface area contributed by atoms with Gasteiger partial charge in [-0.1, -0.05) is 23.4 Å². The van der Waals surface area contributed by atoms with Gasteiger partial charge in [-0.2, -0.15) is 0 Å². The lowest BCUT2D eigenvalue weighted by atomic mass is 10.2. The maximum atomic E-state index is 11.8. The highest BCUT2D eigenvalue weighted by atomic mass is 127. The maximum Gasteiger partial charge on any atom is 0.339 e. The fourth-order valence-electron chi connectivity index (χ4n) is 1.57. The predicted molar refractivity (Wildman–Crippen MR) is 90.7 cm³/mol. The van der Waals surface area contributed by atoms with Crippen LogP contribution in [0.3, 0.4) is 0 Å². The van der Waals surface area contributed by atoms with Crippen molar-refractivity contribution in [2.45, 2.75) is 16.7 Å². The molecule has 0 saturated heterocycles. The molecular formula is C15H12ClIO2S. The quantitative estimate of drug-likeness (QED) is 0.500. The summed E-state index contributed by atoms with van der Waals surface area (Å²) in [5.41, 5.74) is 0.407. The van der Waals surface area contributed by atoms with Gasteiger partial charge in [-0.3, -0.25) is 0 Å². The van der Waals surface area contributed by atoms with Crippen molar-refractivity contribution in [3.63, 3.8) is 0 Å². The Kier molecular flexibility index (Phi) is 5.74. The van der Waals surface area contributed by atoms with E-state index in [0.717, 1.165) is 9.79 Å². The molecule has 0 unspecified atom stereocenters. The average Bonchev–Trinajstić information content (AvgIpc) is 2.43. The molecule has 5 heteroatoms. The van der Waals surface area contributed by atoms with Crippen LogP contribution in [0.2, 0.25) is 5.02 Å². The first-order valence-corrected chi connectivity index (χ1v) is 8.27. The van der Waals surface area contributed by atoms with Crippen LogP contribution in [0.15, 0.2) is 52.3 Å². The zero-order valence-electron chi connectivity index (χ0n) is 10.7. The van der Waals surface area contributed by atoms with E-state index in [0.29, 0.717) is 17.2 Å². The number of benzene rings is 2. The van der Waals surface area contributed by atoms with Crippen LogP contribution in [0, 0.1) is 3.57 Å². The van der Waals surface area contributed by atoms with Gasteiger partial charge in [0.05, 0.1) is 17.2 Å². The Morgan fingerprint density at radius 2 is 1.85 bits per heavy atom. The second-order valence-corrected chi connectivity index (χ2v) is 6.72. The maximum absolute atomic E-state index is 11.8. The number of esters is 1. The minimum absolute atomic E-state index is 0.337. The summed E-state index contributed by atoms with van der Waals surface area (Å²) in [6, 6.07) is 13.6. The molecule has 0 amide bonds. The molecule has 0 heterocycles. The van der Waals surface area contributed by atoms with E-state index in [2.05, 4.69) is 22.6 Å². The van der Waals surface area contributed by atoms with Gasteiger partial charge in [0, 0.05) is 13.4 Å². The summed E-state index contributed by atoms with van der Waals surface area (Å²) in [5.74, 6) is -0.387. The molecule has 2 aromatic carbocycles. The van der Waals surface area contributed by atoms with Crippen LogP contribution in [0.5, 0.6) is 0 Å². The predicted octanol–water partition coefficient (Wildman–Crippen LogP) is 5.27. The third kappa shape index (κ3) is 4.14. The van der Waals surface area contributed by atoms with Gasteiger partial charge in [-0.15, -0.1) is 0 Å². The first-order valence-electron chi connectivity index (χ1n) is 6.00. The summed E-state index contributed by atoms with van der Waals surface area (Å²) in [5, 5.41) is 0.412. The van der Waals surface area contributed by atoms with Crippen LogP contribution >= 0.6 is 46.0 Å². The van der Waals surface area contributed by atoms with Crippen molar-refractivity contribution in [2.24, 2.45) is 0 Å². The molecule has 0 aliphatic rings. The van der Waals surface area contributed by atoms with E-state index < -0.39 is 0 Å². The third-order valence-corrected chi connectivity index (χ3v) is 4.53. The minimum Gasteiger partial charge on any atom is -0.462 e. The standard InChI is InChI=1S/C15H12ClIO2S/c1-2-19-15(18)13-9-12(7-8-14(13)16)20-11-5-3-10(17)4-6-11/h3-9H,2H2,1H3. The van der Waals surface area contributed by atoms with Gasteiger partial charge in [-0.05, 0) is 72.0 Å². The Labute approximate surface area is 141 Å². The summed E-state index contributed by atoms with van der Waals surface area (Å²) >= 11 is 9.89. The molecule has 0 aliphatic heterocycles. The second kappa shape index (κ2) is 7.33. The minimum atomic E-state index is -0.387. The number of carbonyl (C=O) groups excluding carboxylic acids is 1. The molecule has 2 rings (SSSR count). The number of hydrogen-bond acceptors (Lipinski definition) is 3. The number of hydrogen-bond donors (Lipinski definition) is 0. The van der Waals surface area contributed by atoms with Crippen molar-refractivity contribution >= 4 is 51.9 Å². The van der Waals surface area contributed by atoms with E-state index in [4.69, 9.17) is 16.3 Å². The normalized spacial score (nSPS) is 10.3. The monoisotopic (exact) mass is 418 g/mol. The fourth-order valence-corrected chi connectivity index (χ4v) is 2.98. The molecule has 0 radical (unpaired) electrons. The van der Waals surface area contributed by atoms with Crippen molar-refractivity contribution in [3.8, 4) is 0 Å². The molecule has 0 aromatic heterocycles. The lowest BCUT2D eigenvalue weighted by Gasteiger charge is -2.07. The van der Waals surface area contributed by atoms with E-state index >= 15 is 0 Å². The van der Waals surface area contributed by atoms with Crippen molar-refractivity contribution in [1.82, 2.24) is 0 Å². The Hall–Kier alpha value is -0.720. The van der Waals surface area contributed by atoms with Gasteiger partial charge < -0.3 is 4.74 Å². The molecular weight excluding hydrogens is 407 g/mol. The number of ether oxygens (including phenoxy) is 1. The highest BCUT2D eigenvalue weighted by Crippen LogP contribution is 2.31. The zero-order chi connectivity index (χ0) is 14.5. The van der Waals surface area contributed by atoms with Gasteiger partial charge in [0.2, 0.25) is 0 Å². The smallest absolute Gasteiger partial charge is 0.339 e. The molecule has 2 aromatic rings. The molecule has 2 nitrogen and oxygen atoms in total. The van der Waals surface area contributed by atoms with E-state index in [1.54, 1.807) is 30.8 Å². The molecule has 0 atom stereocenters. The first-order chi connectivity index (χ1) is 9.60. The Morgan fingerprint density at radius 3 is 2.50 bits per heavy atom. The van der Waals surface area contributed by atoms with Crippen LogP contribution in [0.1, 0.15) is 17.3 Å². The summed E-state index contributed by atoms with van der Waals surface area (Å²) in [6.07, 6.45) is 0. The SMILES string of the molecule is CCOC(=O)c1cc(Sc2ccc(I)cc2)ccc1Cl. The topological polar surface area (TPSA) is 26.3 Å². The summed E-state index contributed by atoms with van der Waals surface area (Å²) in [7, 11) is 0. The highest BCUT2D eigenvalue weighted by molar-refractivity contribution is 14.1. The number of halogens is 2. The molecule has 0 fully saturated rings. The zero-order valence-corrected chi connectivity index (χ0v) is 14.5. The van der Waals surface area contributed by atoms with Crippen LogP contribution in [0.4, 0.5) is 0 Å². The molecule has 0 aliphatic carbocycles. The van der Waals surface area contributed by atoms with Gasteiger partial charge in [0.15, 0.2) is 0 Å². The van der Waals surface area contributed by atoms with Crippen LogP contribution < -0.4 is 0 Å². The van der Waals surface area contributed by atoms with E-state index in [1.807, 2.05) is 30.3 Å². The Bertz CT molecular complexity index is 614. The third-order valence-electron chi connectivity index (χ3n) is 2.48. The highest BCUT2D eigenvalue weighted by Gasteiger charge is 2.12. The van der Waals surface area contributed by atoms with Gasteiger partial charge in [0.25, 0.3) is 0 Å². The first kappa shape index (κ1) is 15.7. The van der Waals surface area contributed by atoms with Crippen LogP contribution in [-0.2, 0) is 4.74 Å². The van der Waals surface area contributed by atoms with Crippen LogP contribution in [-0.4, -0.2) is 12.6 Å². The fraction of sp³-hybridized carbons (Fsp3) is 0.133. The van der Waals surface area contributed by atoms with Crippen LogP contribution in [0.25, 0.3) is 0 Å². The Morgan fingerprint density at radius 1 is 1.20 bits per heavy atom. The van der Waals surface area contributed by atoms with Gasteiger partial charge in [0.1, 0.15) is 0 Å².